The van der Waals surface area contributed by atoms with Crippen LogP contribution >= 0.6 is 0 Å². The summed E-state index contributed by atoms with van der Waals surface area (Å²) in [6.07, 6.45) is -2.34. The maximum absolute atomic E-state index is 13.1. The van der Waals surface area contributed by atoms with Crippen molar-refractivity contribution in [1.29, 1.82) is 0 Å². The molecular formula is C15H20F3NO4S. The maximum Gasteiger partial charge on any atom is 0.419 e. The molecule has 0 saturated carbocycles. The van der Waals surface area contributed by atoms with E-state index in [-0.39, 0.29) is 23.8 Å². The molecule has 5 nitrogen and oxygen atoms in total. The van der Waals surface area contributed by atoms with E-state index >= 15 is 0 Å². The molecule has 1 saturated heterocycles. The molecule has 136 valence electrons. The summed E-state index contributed by atoms with van der Waals surface area (Å²) in [5, 5.41) is 8.98. The third-order valence-electron chi connectivity index (χ3n) is 4.05. The van der Waals surface area contributed by atoms with Gasteiger partial charge in [0.2, 0.25) is 10.0 Å². The summed E-state index contributed by atoms with van der Waals surface area (Å²) in [6, 6.07) is 3.47. The summed E-state index contributed by atoms with van der Waals surface area (Å²) in [5.74, 6) is -0.271. The van der Waals surface area contributed by atoms with Gasteiger partial charge >= 0.3 is 6.18 Å². The van der Waals surface area contributed by atoms with Crippen molar-refractivity contribution < 1.29 is 31.4 Å². The van der Waals surface area contributed by atoms with Gasteiger partial charge in [-0.2, -0.15) is 13.2 Å². The van der Waals surface area contributed by atoms with Gasteiger partial charge in [-0.3, -0.25) is 0 Å². The van der Waals surface area contributed by atoms with Crippen molar-refractivity contribution in [3.63, 3.8) is 0 Å². The van der Waals surface area contributed by atoms with Gasteiger partial charge in [0.25, 0.3) is 0 Å². The van der Waals surface area contributed by atoms with E-state index in [0.717, 1.165) is 12.3 Å². The lowest BCUT2D eigenvalue weighted by atomic mass is 9.99. The quantitative estimate of drug-likeness (QED) is 0.867. The third-order valence-corrected chi connectivity index (χ3v) is 5.35. The van der Waals surface area contributed by atoms with E-state index in [4.69, 9.17) is 9.84 Å². The summed E-state index contributed by atoms with van der Waals surface area (Å²) in [5.41, 5.74) is -0.751. The van der Waals surface area contributed by atoms with Crippen LogP contribution < -0.4 is 4.74 Å². The number of alkyl halides is 3. The zero-order valence-electron chi connectivity index (χ0n) is 13.2. The first-order chi connectivity index (χ1) is 11.1. The van der Waals surface area contributed by atoms with Gasteiger partial charge in [0, 0.05) is 13.1 Å². The number of hydrogen-bond donors (Lipinski definition) is 1. The fourth-order valence-electron chi connectivity index (χ4n) is 2.64. The Balaban J connectivity index is 2.00. The molecule has 0 bridgehead atoms. The van der Waals surface area contributed by atoms with Gasteiger partial charge in [-0.25, -0.2) is 12.7 Å². The van der Waals surface area contributed by atoms with E-state index < -0.39 is 28.4 Å². The van der Waals surface area contributed by atoms with Gasteiger partial charge in [-0.05, 0) is 36.5 Å². The summed E-state index contributed by atoms with van der Waals surface area (Å²) in [6.45, 7) is 0.317. The second kappa shape index (κ2) is 7.28. The van der Waals surface area contributed by atoms with Crippen LogP contribution in [0.5, 0.6) is 5.75 Å². The smallest absolute Gasteiger partial charge is 0.419 e. The van der Waals surface area contributed by atoms with Crippen molar-refractivity contribution in [2.45, 2.75) is 25.6 Å². The number of hydrogen-bond acceptors (Lipinski definition) is 4. The molecule has 0 aliphatic carbocycles. The summed E-state index contributed by atoms with van der Waals surface area (Å²) in [4.78, 5) is 0. The number of halogens is 3. The monoisotopic (exact) mass is 367 g/mol. The van der Waals surface area contributed by atoms with E-state index in [1.807, 2.05) is 0 Å². The van der Waals surface area contributed by atoms with Crippen LogP contribution in [0.15, 0.2) is 18.2 Å². The zero-order chi connectivity index (χ0) is 18.0. The Labute approximate surface area is 139 Å². The Hall–Kier alpha value is -1.32. The van der Waals surface area contributed by atoms with Crippen LogP contribution in [-0.2, 0) is 22.8 Å². The van der Waals surface area contributed by atoms with E-state index in [2.05, 4.69) is 0 Å². The molecule has 1 aromatic carbocycles. The predicted molar refractivity (Wildman–Crippen MR) is 82.0 cm³/mol. The van der Waals surface area contributed by atoms with Crippen LogP contribution in [0, 0.1) is 5.92 Å². The second-order valence-corrected chi connectivity index (χ2v) is 7.89. The number of rotatable bonds is 5. The van der Waals surface area contributed by atoms with Gasteiger partial charge in [0.1, 0.15) is 5.75 Å². The maximum atomic E-state index is 13.1. The molecule has 1 aliphatic rings. The molecular weight excluding hydrogens is 347 g/mol. The van der Waals surface area contributed by atoms with Crippen molar-refractivity contribution in [2.75, 3.05) is 26.0 Å². The summed E-state index contributed by atoms with van der Waals surface area (Å²) < 4.78 is 68.8. The van der Waals surface area contributed by atoms with E-state index in [1.165, 1.54) is 16.4 Å². The van der Waals surface area contributed by atoms with Crippen molar-refractivity contribution >= 4 is 10.0 Å². The van der Waals surface area contributed by atoms with Crippen LogP contribution in [0.2, 0.25) is 0 Å². The molecule has 0 radical (unpaired) electrons. The van der Waals surface area contributed by atoms with Crippen molar-refractivity contribution in [3.8, 4) is 5.75 Å². The minimum absolute atomic E-state index is 0.00148. The molecule has 0 amide bonds. The van der Waals surface area contributed by atoms with E-state index in [1.54, 1.807) is 0 Å². The zero-order valence-corrected chi connectivity index (χ0v) is 14.0. The average Bonchev–Trinajstić information content (AvgIpc) is 2.51. The van der Waals surface area contributed by atoms with Gasteiger partial charge in [-0.15, -0.1) is 0 Å². The molecule has 0 atom stereocenters. The second-order valence-electron chi connectivity index (χ2n) is 5.90. The van der Waals surface area contributed by atoms with Crippen LogP contribution in [0.25, 0.3) is 0 Å². The fourth-order valence-corrected chi connectivity index (χ4v) is 3.51. The first kappa shape index (κ1) is 19.0. The molecule has 9 heteroatoms. The van der Waals surface area contributed by atoms with E-state index in [9.17, 15) is 21.6 Å². The van der Waals surface area contributed by atoms with Gasteiger partial charge in [0.05, 0.1) is 25.0 Å². The van der Waals surface area contributed by atoms with Gasteiger partial charge < -0.3 is 9.84 Å². The van der Waals surface area contributed by atoms with Crippen LogP contribution in [0.4, 0.5) is 13.2 Å². The first-order valence-electron chi connectivity index (χ1n) is 7.50. The lowest BCUT2D eigenvalue weighted by Crippen LogP contribution is -2.39. The van der Waals surface area contributed by atoms with Crippen LogP contribution in [0.3, 0.4) is 0 Å². The standard InChI is InChI=1S/C15H20F3NO4S/c1-24(21,22)19-6-4-11(5-7-19)10-23-14-3-2-12(9-20)8-13(14)15(16,17)18/h2-3,8,11,20H,4-7,9-10H2,1H3. The molecule has 0 spiro atoms. The molecule has 1 aliphatic heterocycles. The number of sulfonamides is 1. The highest BCUT2D eigenvalue weighted by Crippen LogP contribution is 2.37. The highest BCUT2D eigenvalue weighted by Gasteiger charge is 2.35. The molecule has 0 aromatic heterocycles. The number of aliphatic hydroxyl groups excluding tert-OH is 1. The lowest BCUT2D eigenvalue weighted by Gasteiger charge is -2.30. The summed E-state index contributed by atoms with van der Waals surface area (Å²) in [7, 11) is -3.23. The molecule has 1 heterocycles. The highest BCUT2D eigenvalue weighted by atomic mass is 32.2. The Kier molecular flexibility index (Phi) is 5.77. The first-order valence-corrected chi connectivity index (χ1v) is 9.35. The number of aliphatic hydroxyl groups is 1. The Bertz CT molecular complexity index is 668. The molecule has 1 N–H and O–H groups in total. The SMILES string of the molecule is CS(=O)(=O)N1CCC(COc2ccc(CO)cc2C(F)(F)F)CC1. The highest BCUT2D eigenvalue weighted by molar-refractivity contribution is 7.88. The molecule has 1 aromatic rings. The van der Waals surface area contributed by atoms with E-state index in [0.29, 0.717) is 25.9 Å². The molecule has 1 fully saturated rings. The molecule has 2 rings (SSSR count). The Morgan fingerprint density at radius 2 is 1.92 bits per heavy atom. The third kappa shape index (κ3) is 4.84. The minimum Gasteiger partial charge on any atom is -0.493 e. The Morgan fingerprint density at radius 1 is 1.29 bits per heavy atom. The van der Waals surface area contributed by atoms with Gasteiger partial charge in [0.15, 0.2) is 0 Å². The number of piperidine rings is 1. The van der Waals surface area contributed by atoms with Gasteiger partial charge in [-0.1, -0.05) is 6.07 Å². The molecule has 0 unspecified atom stereocenters. The number of benzene rings is 1. The van der Waals surface area contributed by atoms with Crippen LogP contribution in [0.1, 0.15) is 24.0 Å². The topological polar surface area (TPSA) is 66.8 Å². The fraction of sp³-hybridized carbons (Fsp3) is 0.600. The normalized spacial score (nSPS) is 17.9. The van der Waals surface area contributed by atoms with Crippen molar-refractivity contribution in [2.24, 2.45) is 5.92 Å². The summed E-state index contributed by atoms with van der Waals surface area (Å²) >= 11 is 0. The largest absolute Gasteiger partial charge is 0.493 e. The number of nitrogens with zero attached hydrogens (tertiary/aromatic N) is 1. The van der Waals surface area contributed by atoms with Crippen LogP contribution in [-0.4, -0.2) is 43.8 Å². The van der Waals surface area contributed by atoms with Crippen molar-refractivity contribution in [3.05, 3.63) is 29.3 Å². The average molecular weight is 367 g/mol. The lowest BCUT2D eigenvalue weighted by molar-refractivity contribution is -0.139. The Morgan fingerprint density at radius 3 is 2.42 bits per heavy atom. The number of ether oxygens (including phenoxy) is 1. The molecule has 24 heavy (non-hydrogen) atoms. The minimum atomic E-state index is -4.57. The predicted octanol–water partition coefficient (Wildman–Crippen LogP) is 2.25. The van der Waals surface area contributed by atoms with Crippen molar-refractivity contribution in [1.82, 2.24) is 4.31 Å².